The van der Waals surface area contributed by atoms with Gasteiger partial charge in [0.2, 0.25) is 5.95 Å². The number of nitrogens with one attached hydrogen (secondary N) is 1. The molecule has 0 unspecified atom stereocenters. The Hall–Kier alpha value is -3.35. The fourth-order valence-corrected chi connectivity index (χ4v) is 3.29. The first-order chi connectivity index (χ1) is 14.0. The second kappa shape index (κ2) is 7.58. The summed E-state index contributed by atoms with van der Waals surface area (Å²) in [6, 6.07) is 11.9. The third-order valence-electron chi connectivity index (χ3n) is 4.77. The molecule has 0 saturated carbocycles. The fourth-order valence-electron chi connectivity index (χ4n) is 3.29. The molecule has 0 aliphatic carbocycles. The van der Waals surface area contributed by atoms with Crippen molar-refractivity contribution in [1.29, 1.82) is 0 Å². The number of benzene rings is 2. The number of anilines is 1. The van der Waals surface area contributed by atoms with Gasteiger partial charge in [-0.2, -0.15) is 0 Å². The molecule has 29 heavy (non-hydrogen) atoms. The summed E-state index contributed by atoms with van der Waals surface area (Å²) in [4.78, 5) is 4.87. The van der Waals surface area contributed by atoms with Crippen LogP contribution in [0.15, 0.2) is 36.4 Å². The zero-order valence-corrected chi connectivity index (χ0v) is 17.4. The molecule has 0 aliphatic rings. The molecular weight excluding hydrogens is 366 g/mol. The van der Waals surface area contributed by atoms with Gasteiger partial charge in [0.05, 0.1) is 19.7 Å². The maximum atomic E-state index is 5.43. The first-order valence-corrected chi connectivity index (χ1v) is 9.63. The van der Waals surface area contributed by atoms with Crippen LogP contribution in [0.25, 0.3) is 27.9 Å². The van der Waals surface area contributed by atoms with Crippen molar-refractivity contribution in [3.05, 3.63) is 42.0 Å². The van der Waals surface area contributed by atoms with Crippen LogP contribution < -0.4 is 14.8 Å². The van der Waals surface area contributed by atoms with E-state index in [0.717, 1.165) is 34.2 Å². The van der Waals surface area contributed by atoms with Crippen molar-refractivity contribution < 1.29 is 9.47 Å². The topological polar surface area (TPSA) is 73.6 Å². The van der Waals surface area contributed by atoms with E-state index in [1.165, 1.54) is 0 Å². The van der Waals surface area contributed by atoms with Crippen LogP contribution in [0.3, 0.4) is 0 Å². The Kier molecular flexibility index (Phi) is 4.96. The SMILES string of the molecule is COc1cc(OC)cc(-c2nnc3c4cc(C)ccc4nc(NCC(C)C)n23)c1. The molecule has 7 heteroatoms. The van der Waals surface area contributed by atoms with Crippen molar-refractivity contribution in [3.8, 4) is 22.9 Å². The van der Waals surface area contributed by atoms with Crippen LogP contribution in [-0.2, 0) is 0 Å². The van der Waals surface area contributed by atoms with Crippen LogP contribution in [-0.4, -0.2) is 40.3 Å². The molecule has 2 aromatic heterocycles. The molecule has 2 aromatic carbocycles. The molecule has 4 rings (SSSR count). The lowest BCUT2D eigenvalue weighted by molar-refractivity contribution is 0.394. The zero-order chi connectivity index (χ0) is 20.5. The molecule has 2 heterocycles. The molecule has 4 aromatic rings. The summed E-state index contributed by atoms with van der Waals surface area (Å²) >= 11 is 0. The van der Waals surface area contributed by atoms with E-state index in [1.807, 2.05) is 28.7 Å². The lowest BCUT2D eigenvalue weighted by Gasteiger charge is -2.14. The maximum Gasteiger partial charge on any atom is 0.211 e. The minimum absolute atomic E-state index is 0.470. The molecule has 150 valence electrons. The largest absolute Gasteiger partial charge is 0.497 e. The summed E-state index contributed by atoms with van der Waals surface area (Å²) in [5.41, 5.74) is 3.64. The van der Waals surface area contributed by atoms with Gasteiger partial charge in [0.1, 0.15) is 11.5 Å². The van der Waals surface area contributed by atoms with Gasteiger partial charge in [0.25, 0.3) is 0 Å². The van der Waals surface area contributed by atoms with Gasteiger partial charge in [-0.3, -0.25) is 0 Å². The van der Waals surface area contributed by atoms with Crippen LogP contribution in [0.4, 0.5) is 5.95 Å². The quantitative estimate of drug-likeness (QED) is 0.527. The van der Waals surface area contributed by atoms with Crippen LogP contribution in [0.2, 0.25) is 0 Å². The summed E-state index contributed by atoms with van der Waals surface area (Å²) in [5.74, 6) is 3.25. The lowest BCUT2D eigenvalue weighted by Crippen LogP contribution is -2.13. The Bertz CT molecular complexity index is 1160. The zero-order valence-electron chi connectivity index (χ0n) is 17.4. The van der Waals surface area contributed by atoms with Crippen molar-refractivity contribution in [1.82, 2.24) is 19.6 Å². The molecule has 1 N–H and O–H groups in total. The van der Waals surface area contributed by atoms with E-state index in [9.17, 15) is 0 Å². The second-order valence-electron chi connectivity index (χ2n) is 7.51. The molecule has 0 aliphatic heterocycles. The standard InChI is InChI=1S/C22H25N5O2/c1-13(2)12-23-22-24-19-7-6-14(3)8-18(19)21-26-25-20(27(21)22)15-9-16(28-4)11-17(10-15)29-5/h6-11,13H,12H2,1-5H3,(H,23,24). The Labute approximate surface area is 169 Å². The van der Waals surface area contributed by atoms with Gasteiger partial charge in [0.15, 0.2) is 11.5 Å². The van der Waals surface area contributed by atoms with E-state index >= 15 is 0 Å². The monoisotopic (exact) mass is 391 g/mol. The van der Waals surface area contributed by atoms with Crippen LogP contribution in [0, 0.1) is 12.8 Å². The van der Waals surface area contributed by atoms with Gasteiger partial charge < -0.3 is 14.8 Å². The van der Waals surface area contributed by atoms with Crippen LogP contribution >= 0.6 is 0 Å². The molecule has 0 fully saturated rings. The van der Waals surface area contributed by atoms with Gasteiger partial charge in [0, 0.05) is 23.6 Å². The third kappa shape index (κ3) is 3.55. The van der Waals surface area contributed by atoms with E-state index in [0.29, 0.717) is 29.2 Å². The van der Waals surface area contributed by atoms with Gasteiger partial charge in [-0.05, 0) is 37.1 Å². The van der Waals surface area contributed by atoms with E-state index in [2.05, 4.69) is 48.4 Å². The second-order valence-corrected chi connectivity index (χ2v) is 7.51. The summed E-state index contributed by atoms with van der Waals surface area (Å²) < 4.78 is 12.8. The Morgan fingerprint density at radius 3 is 2.38 bits per heavy atom. The number of hydrogen-bond acceptors (Lipinski definition) is 6. The molecule has 0 radical (unpaired) electrons. The highest BCUT2D eigenvalue weighted by molar-refractivity contribution is 5.93. The molecule has 0 saturated heterocycles. The number of nitrogens with zero attached hydrogens (tertiary/aromatic N) is 4. The molecule has 7 nitrogen and oxygen atoms in total. The van der Waals surface area contributed by atoms with Crippen LogP contribution in [0.1, 0.15) is 19.4 Å². The lowest BCUT2D eigenvalue weighted by atomic mass is 10.1. The number of fused-ring (bicyclic) bond motifs is 3. The van der Waals surface area contributed by atoms with Crippen molar-refractivity contribution in [3.63, 3.8) is 0 Å². The van der Waals surface area contributed by atoms with Gasteiger partial charge in [-0.1, -0.05) is 25.5 Å². The minimum Gasteiger partial charge on any atom is -0.497 e. The molecule has 0 atom stereocenters. The van der Waals surface area contributed by atoms with E-state index in [4.69, 9.17) is 14.5 Å². The number of rotatable bonds is 6. The Morgan fingerprint density at radius 2 is 1.72 bits per heavy atom. The average Bonchev–Trinajstić information content (AvgIpc) is 3.17. The maximum absolute atomic E-state index is 5.43. The third-order valence-corrected chi connectivity index (χ3v) is 4.77. The van der Waals surface area contributed by atoms with Crippen molar-refractivity contribution in [2.24, 2.45) is 5.92 Å². The summed E-state index contributed by atoms with van der Waals surface area (Å²) in [6.45, 7) is 7.17. The molecule has 0 amide bonds. The summed E-state index contributed by atoms with van der Waals surface area (Å²) in [6.07, 6.45) is 0. The van der Waals surface area contributed by atoms with E-state index in [1.54, 1.807) is 14.2 Å². The number of aryl methyl sites for hydroxylation is 1. The van der Waals surface area contributed by atoms with E-state index in [-0.39, 0.29) is 0 Å². The smallest absolute Gasteiger partial charge is 0.211 e. The van der Waals surface area contributed by atoms with Crippen molar-refractivity contribution >= 4 is 22.5 Å². The minimum atomic E-state index is 0.470. The average molecular weight is 391 g/mol. The number of aromatic nitrogens is 4. The normalized spacial score (nSPS) is 11.4. The molecule has 0 bridgehead atoms. The van der Waals surface area contributed by atoms with Gasteiger partial charge >= 0.3 is 0 Å². The fraction of sp³-hybridized carbons (Fsp3) is 0.318. The summed E-state index contributed by atoms with van der Waals surface area (Å²) in [7, 11) is 3.27. The van der Waals surface area contributed by atoms with E-state index < -0.39 is 0 Å². The predicted octanol–water partition coefficient (Wildman–Crippen LogP) is 4.34. The van der Waals surface area contributed by atoms with Crippen molar-refractivity contribution in [2.45, 2.75) is 20.8 Å². The summed E-state index contributed by atoms with van der Waals surface area (Å²) in [5, 5.41) is 13.4. The highest BCUT2D eigenvalue weighted by Gasteiger charge is 2.18. The first-order valence-electron chi connectivity index (χ1n) is 9.63. The van der Waals surface area contributed by atoms with Crippen molar-refractivity contribution in [2.75, 3.05) is 26.1 Å². The number of ether oxygens (including phenoxy) is 2. The van der Waals surface area contributed by atoms with Gasteiger partial charge in [-0.25, -0.2) is 9.38 Å². The first kappa shape index (κ1) is 19.0. The number of methoxy groups -OCH3 is 2. The molecular formula is C22H25N5O2. The Balaban J connectivity index is 2.00. The predicted molar refractivity (Wildman–Crippen MR) is 115 cm³/mol. The highest BCUT2D eigenvalue weighted by Crippen LogP contribution is 2.32. The Morgan fingerprint density at radius 1 is 1.00 bits per heavy atom. The van der Waals surface area contributed by atoms with Crippen LogP contribution in [0.5, 0.6) is 11.5 Å². The highest BCUT2D eigenvalue weighted by atomic mass is 16.5. The molecule has 0 spiro atoms. The van der Waals surface area contributed by atoms with Gasteiger partial charge in [-0.15, -0.1) is 10.2 Å². The number of hydrogen-bond donors (Lipinski definition) is 1.